The first-order chi connectivity index (χ1) is 17.0. The summed E-state index contributed by atoms with van der Waals surface area (Å²) in [6, 6.07) is 7.03. The molecule has 0 atom stereocenters. The monoisotopic (exact) mass is 490 g/mol. The quantitative estimate of drug-likeness (QED) is 0.166. The van der Waals surface area contributed by atoms with Gasteiger partial charge in [-0.05, 0) is 30.5 Å². The van der Waals surface area contributed by atoms with Gasteiger partial charge < -0.3 is 41.6 Å². The summed E-state index contributed by atoms with van der Waals surface area (Å²) in [4.78, 5) is 25.6. The van der Waals surface area contributed by atoms with Crippen molar-refractivity contribution in [2.24, 2.45) is 11.7 Å². The van der Waals surface area contributed by atoms with Crippen molar-refractivity contribution < 1.29 is 19.4 Å². The van der Waals surface area contributed by atoms with Crippen molar-refractivity contribution in [1.82, 2.24) is 20.3 Å². The number of aromatic nitrogens is 3. The van der Waals surface area contributed by atoms with Gasteiger partial charge in [-0.3, -0.25) is 4.79 Å². The third kappa shape index (κ3) is 11.8. The number of amides is 1. The van der Waals surface area contributed by atoms with Crippen LogP contribution in [-0.4, -0.2) is 85.2 Å². The van der Waals surface area contributed by atoms with Gasteiger partial charge in [-0.25, -0.2) is 0 Å². The fourth-order valence-corrected chi connectivity index (χ4v) is 2.84. The minimum Gasteiger partial charge on any atom is -0.395 e. The van der Waals surface area contributed by atoms with E-state index < -0.39 is 0 Å². The average Bonchev–Trinajstić information content (AvgIpc) is 2.84. The molecule has 0 radical (unpaired) electrons. The number of rotatable bonds is 18. The third-order valence-corrected chi connectivity index (χ3v) is 4.58. The molecule has 0 saturated carbocycles. The standard InChI is InChI=1S/C23H38N8O4/c1-17(2)6-8-26-21-29-22(27-9-11-32)31-23(30-21)28-19-5-3-4-18(16-19)20(33)25-10-13-35-15-14-34-12-7-24/h3-5,16-17,32H,6-15,24H2,1-2H3,(H,25,33)(H3,26,27,28,29,30,31). The molecule has 12 heteroatoms. The molecule has 194 valence electrons. The smallest absolute Gasteiger partial charge is 0.251 e. The van der Waals surface area contributed by atoms with Gasteiger partial charge in [0.05, 0.1) is 33.0 Å². The molecule has 12 nitrogen and oxygen atoms in total. The molecule has 7 N–H and O–H groups in total. The van der Waals surface area contributed by atoms with E-state index in [1.165, 1.54) is 0 Å². The maximum absolute atomic E-state index is 12.5. The Kier molecular flexibility index (Phi) is 13.3. The number of ether oxygens (including phenoxy) is 2. The van der Waals surface area contributed by atoms with E-state index >= 15 is 0 Å². The largest absolute Gasteiger partial charge is 0.395 e. The molecular weight excluding hydrogens is 452 g/mol. The van der Waals surface area contributed by atoms with Gasteiger partial charge in [0, 0.05) is 37.4 Å². The Morgan fingerprint density at radius 3 is 2.34 bits per heavy atom. The van der Waals surface area contributed by atoms with Crippen molar-refractivity contribution in [3.8, 4) is 0 Å². The Morgan fingerprint density at radius 2 is 1.66 bits per heavy atom. The van der Waals surface area contributed by atoms with Crippen LogP contribution in [-0.2, 0) is 9.47 Å². The third-order valence-electron chi connectivity index (χ3n) is 4.58. The van der Waals surface area contributed by atoms with Crippen LogP contribution in [0.4, 0.5) is 23.5 Å². The first kappa shape index (κ1) is 28.2. The average molecular weight is 491 g/mol. The molecule has 0 spiro atoms. The zero-order valence-electron chi connectivity index (χ0n) is 20.5. The number of anilines is 4. The first-order valence-corrected chi connectivity index (χ1v) is 11.9. The molecule has 0 saturated heterocycles. The molecule has 0 fully saturated rings. The van der Waals surface area contributed by atoms with E-state index in [2.05, 4.69) is 50.1 Å². The molecule has 35 heavy (non-hydrogen) atoms. The van der Waals surface area contributed by atoms with E-state index in [1.54, 1.807) is 18.2 Å². The summed E-state index contributed by atoms with van der Waals surface area (Å²) in [6.07, 6.45) is 0.970. The molecule has 1 aromatic heterocycles. The molecule has 0 aliphatic rings. The number of benzene rings is 1. The summed E-state index contributed by atoms with van der Waals surface area (Å²) in [5.74, 6) is 1.41. The van der Waals surface area contributed by atoms with Crippen molar-refractivity contribution in [3.05, 3.63) is 29.8 Å². The van der Waals surface area contributed by atoms with Crippen molar-refractivity contribution in [2.45, 2.75) is 20.3 Å². The Bertz CT molecular complexity index is 884. The molecule has 1 heterocycles. The normalized spacial score (nSPS) is 10.9. The number of hydrogen-bond acceptors (Lipinski definition) is 11. The second kappa shape index (κ2) is 16.5. The van der Waals surface area contributed by atoms with Crippen LogP contribution < -0.4 is 27.0 Å². The maximum atomic E-state index is 12.5. The van der Waals surface area contributed by atoms with E-state index in [4.69, 9.17) is 20.3 Å². The Hall–Kier alpha value is -3.06. The first-order valence-electron chi connectivity index (χ1n) is 11.9. The van der Waals surface area contributed by atoms with Crippen LogP contribution in [0.15, 0.2) is 24.3 Å². The van der Waals surface area contributed by atoms with Gasteiger partial charge in [0.15, 0.2) is 0 Å². The number of nitrogens with two attached hydrogens (primary N) is 1. The lowest BCUT2D eigenvalue weighted by Crippen LogP contribution is -2.27. The summed E-state index contributed by atoms with van der Waals surface area (Å²) >= 11 is 0. The fraction of sp³-hybridized carbons (Fsp3) is 0.565. The van der Waals surface area contributed by atoms with E-state index in [0.717, 1.165) is 13.0 Å². The molecule has 2 aromatic rings. The number of hydrogen-bond donors (Lipinski definition) is 6. The molecule has 0 aliphatic heterocycles. The molecule has 2 rings (SSSR count). The van der Waals surface area contributed by atoms with Crippen LogP contribution in [0.25, 0.3) is 0 Å². The van der Waals surface area contributed by atoms with Crippen molar-refractivity contribution in [2.75, 3.05) is 75.2 Å². The van der Waals surface area contributed by atoms with E-state index in [9.17, 15) is 4.79 Å². The van der Waals surface area contributed by atoms with Gasteiger partial charge in [0.1, 0.15) is 0 Å². The van der Waals surface area contributed by atoms with Gasteiger partial charge in [0.2, 0.25) is 17.8 Å². The second-order valence-electron chi connectivity index (χ2n) is 8.04. The van der Waals surface area contributed by atoms with Crippen LogP contribution in [0, 0.1) is 5.92 Å². The summed E-state index contributed by atoms with van der Waals surface area (Å²) in [6.45, 7) is 7.96. The molecule has 1 amide bonds. The predicted molar refractivity (Wildman–Crippen MR) is 136 cm³/mol. The van der Waals surface area contributed by atoms with E-state index in [1.807, 2.05) is 6.07 Å². The van der Waals surface area contributed by atoms with Crippen LogP contribution in [0.1, 0.15) is 30.6 Å². The molecule has 1 aromatic carbocycles. The van der Waals surface area contributed by atoms with Crippen molar-refractivity contribution in [1.29, 1.82) is 0 Å². The minimum atomic E-state index is -0.214. The maximum Gasteiger partial charge on any atom is 0.251 e. The highest BCUT2D eigenvalue weighted by Gasteiger charge is 2.10. The lowest BCUT2D eigenvalue weighted by molar-refractivity contribution is 0.0511. The van der Waals surface area contributed by atoms with Gasteiger partial charge in [-0.15, -0.1) is 0 Å². The van der Waals surface area contributed by atoms with Gasteiger partial charge in [0.25, 0.3) is 5.91 Å². The summed E-state index contributed by atoms with van der Waals surface area (Å²) in [7, 11) is 0. The van der Waals surface area contributed by atoms with Gasteiger partial charge in [-0.1, -0.05) is 19.9 Å². The Balaban J connectivity index is 1.94. The van der Waals surface area contributed by atoms with E-state index in [-0.39, 0.29) is 12.5 Å². The van der Waals surface area contributed by atoms with E-state index in [0.29, 0.717) is 81.1 Å². The summed E-state index contributed by atoms with van der Waals surface area (Å²) in [5.41, 5.74) is 6.49. The van der Waals surface area contributed by atoms with Crippen LogP contribution in [0.3, 0.4) is 0 Å². The lowest BCUT2D eigenvalue weighted by Gasteiger charge is -2.12. The highest BCUT2D eigenvalue weighted by atomic mass is 16.5. The highest BCUT2D eigenvalue weighted by Crippen LogP contribution is 2.17. The Morgan fingerprint density at radius 1 is 0.971 bits per heavy atom. The number of carbonyl (C=O) groups is 1. The predicted octanol–water partition coefficient (Wildman–Crippen LogP) is 1.20. The second-order valence-corrected chi connectivity index (χ2v) is 8.04. The van der Waals surface area contributed by atoms with Crippen LogP contribution in [0.2, 0.25) is 0 Å². The van der Waals surface area contributed by atoms with Gasteiger partial charge in [-0.2, -0.15) is 15.0 Å². The molecule has 0 aliphatic carbocycles. The topological polar surface area (TPSA) is 169 Å². The van der Waals surface area contributed by atoms with Gasteiger partial charge >= 0.3 is 0 Å². The molecule has 0 bridgehead atoms. The zero-order chi connectivity index (χ0) is 25.3. The number of nitrogens with one attached hydrogen (secondary N) is 4. The van der Waals surface area contributed by atoms with Crippen molar-refractivity contribution in [3.63, 3.8) is 0 Å². The lowest BCUT2D eigenvalue weighted by atomic mass is 10.1. The number of carbonyl (C=O) groups excluding carboxylic acids is 1. The number of aliphatic hydroxyl groups excluding tert-OH is 1. The number of aliphatic hydroxyl groups is 1. The minimum absolute atomic E-state index is 0.0468. The van der Waals surface area contributed by atoms with Crippen LogP contribution in [0.5, 0.6) is 0 Å². The molecular formula is C23H38N8O4. The highest BCUT2D eigenvalue weighted by molar-refractivity contribution is 5.95. The fourth-order valence-electron chi connectivity index (χ4n) is 2.84. The summed E-state index contributed by atoms with van der Waals surface area (Å²) in [5, 5.41) is 21.2. The summed E-state index contributed by atoms with van der Waals surface area (Å²) < 4.78 is 10.6. The van der Waals surface area contributed by atoms with Crippen molar-refractivity contribution >= 4 is 29.4 Å². The van der Waals surface area contributed by atoms with Crippen LogP contribution >= 0.6 is 0 Å². The number of nitrogens with zero attached hydrogens (tertiary/aromatic N) is 3. The zero-order valence-corrected chi connectivity index (χ0v) is 20.5. The Labute approximate surface area is 206 Å². The molecule has 0 unspecified atom stereocenters. The SMILES string of the molecule is CC(C)CCNc1nc(NCCO)nc(Nc2cccc(C(=O)NCCOCCOCCN)c2)n1.